The fourth-order valence-corrected chi connectivity index (χ4v) is 5.60. The van der Waals surface area contributed by atoms with E-state index in [0.29, 0.717) is 12.8 Å². The van der Waals surface area contributed by atoms with Crippen LogP contribution in [0.25, 0.3) is 0 Å². The molecule has 4 nitrogen and oxygen atoms in total. The molecule has 0 heterocycles. The standard InChI is InChI=1S/C17H22O4S/c1-3-14-10-6-5-9-13-17(14,16(18)21-2)22(19,20)15-11-7-4-8-12-15/h3-4,7-8,11-12,14H,1,5-6,9-10,13H2,2H3. The summed E-state index contributed by atoms with van der Waals surface area (Å²) in [5.74, 6) is -1.11. The third kappa shape index (κ3) is 2.58. The van der Waals surface area contributed by atoms with E-state index in [1.807, 2.05) is 0 Å². The number of carbonyl (C=O) groups excluding carboxylic acids is 1. The first-order valence-corrected chi connectivity index (χ1v) is 8.99. The molecule has 5 heteroatoms. The number of hydrogen-bond acceptors (Lipinski definition) is 4. The van der Waals surface area contributed by atoms with Crippen LogP contribution in [-0.2, 0) is 19.4 Å². The van der Waals surface area contributed by atoms with Gasteiger partial charge in [-0.2, -0.15) is 0 Å². The summed E-state index contributed by atoms with van der Waals surface area (Å²) in [5, 5.41) is 0. The molecule has 2 atom stereocenters. The van der Waals surface area contributed by atoms with Gasteiger partial charge in [0.05, 0.1) is 12.0 Å². The molecule has 1 saturated carbocycles. The van der Waals surface area contributed by atoms with E-state index in [9.17, 15) is 13.2 Å². The fourth-order valence-electron chi connectivity index (χ4n) is 3.33. The Kier molecular flexibility index (Phi) is 5.06. The normalized spacial score (nSPS) is 26.0. The zero-order valence-electron chi connectivity index (χ0n) is 12.8. The van der Waals surface area contributed by atoms with Gasteiger partial charge in [-0.3, -0.25) is 4.79 Å². The minimum Gasteiger partial charge on any atom is -0.468 e. The highest BCUT2D eigenvalue weighted by atomic mass is 32.2. The van der Waals surface area contributed by atoms with Crippen molar-refractivity contribution in [2.45, 2.75) is 41.7 Å². The monoisotopic (exact) mass is 322 g/mol. The average Bonchev–Trinajstić information content (AvgIpc) is 2.78. The minimum atomic E-state index is -3.87. The molecule has 0 aliphatic heterocycles. The molecular formula is C17H22O4S. The van der Waals surface area contributed by atoms with Crippen molar-refractivity contribution in [2.75, 3.05) is 7.11 Å². The van der Waals surface area contributed by atoms with Crippen molar-refractivity contribution >= 4 is 15.8 Å². The number of sulfone groups is 1. The first-order chi connectivity index (χ1) is 10.5. The van der Waals surface area contributed by atoms with Gasteiger partial charge in [0.1, 0.15) is 0 Å². The molecule has 0 radical (unpaired) electrons. The summed E-state index contributed by atoms with van der Waals surface area (Å²) in [6.07, 6.45) is 4.99. The molecule has 22 heavy (non-hydrogen) atoms. The maximum Gasteiger partial charge on any atom is 0.328 e. The molecule has 0 amide bonds. The van der Waals surface area contributed by atoms with Crippen LogP contribution in [0.15, 0.2) is 47.9 Å². The molecule has 1 aromatic rings. The lowest BCUT2D eigenvalue weighted by Gasteiger charge is -2.35. The predicted octanol–water partition coefficient (Wildman–Crippen LogP) is 3.14. The van der Waals surface area contributed by atoms with E-state index in [-0.39, 0.29) is 11.3 Å². The fraction of sp³-hybridized carbons (Fsp3) is 0.471. The first kappa shape index (κ1) is 16.7. The SMILES string of the molecule is C=CC1CCCCCC1(C(=O)OC)S(=O)(=O)c1ccccc1. The zero-order valence-corrected chi connectivity index (χ0v) is 13.6. The smallest absolute Gasteiger partial charge is 0.328 e. The second-order valence-corrected chi connectivity index (χ2v) is 7.85. The number of benzene rings is 1. The maximum atomic E-state index is 13.3. The van der Waals surface area contributed by atoms with Crippen molar-refractivity contribution in [3.8, 4) is 0 Å². The molecule has 1 aliphatic carbocycles. The summed E-state index contributed by atoms with van der Waals surface area (Å²) in [6.45, 7) is 3.77. The molecular weight excluding hydrogens is 300 g/mol. The Morgan fingerprint density at radius 2 is 1.95 bits per heavy atom. The number of rotatable bonds is 4. The van der Waals surface area contributed by atoms with Crippen molar-refractivity contribution < 1.29 is 17.9 Å². The third-order valence-corrected chi connectivity index (χ3v) is 7.04. The first-order valence-electron chi connectivity index (χ1n) is 7.51. The molecule has 120 valence electrons. The Labute approximate surface area is 132 Å². The highest BCUT2D eigenvalue weighted by Crippen LogP contribution is 2.43. The molecule has 1 fully saturated rings. The Bertz CT molecular complexity index is 636. The Morgan fingerprint density at radius 1 is 1.27 bits per heavy atom. The van der Waals surface area contributed by atoms with Crippen LogP contribution in [0.1, 0.15) is 32.1 Å². The van der Waals surface area contributed by atoms with Gasteiger partial charge in [0, 0.05) is 5.92 Å². The van der Waals surface area contributed by atoms with Crippen LogP contribution in [0.2, 0.25) is 0 Å². The summed E-state index contributed by atoms with van der Waals surface area (Å²) < 4.78 is 29.9. The van der Waals surface area contributed by atoms with Gasteiger partial charge in [0.2, 0.25) is 0 Å². The quantitative estimate of drug-likeness (QED) is 0.485. The van der Waals surface area contributed by atoms with E-state index in [0.717, 1.165) is 12.8 Å². The van der Waals surface area contributed by atoms with E-state index in [1.54, 1.807) is 24.3 Å². The minimum absolute atomic E-state index is 0.161. The molecule has 1 aromatic carbocycles. The van der Waals surface area contributed by atoms with Gasteiger partial charge >= 0.3 is 5.97 Å². The summed E-state index contributed by atoms with van der Waals surface area (Å²) >= 11 is 0. The van der Waals surface area contributed by atoms with Crippen LogP contribution in [-0.4, -0.2) is 26.2 Å². The molecule has 0 saturated heterocycles. The number of hydrogen-bond donors (Lipinski definition) is 0. The number of ether oxygens (including phenoxy) is 1. The van der Waals surface area contributed by atoms with E-state index in [2.05, 4.69) is 6.58 Å². The van der Waals surface area contributed by atoms with Crippen LogP contribution >= 0.6 is 0 Å². The second-order valence-electron chi connectivity index (χ2n) is 5.64. The van der Waals surface area contributed by atoms with Gasteiger partial charge < -0.3 is 4.74 Å². The van der Waals surface area contributed by atoms with Crippen LogP contribution in [0.4, 0.5) is 0 Å². The van der Waals surface area contributed by atoms with E-state index >= 15 is 0 Å². The molecule has 0 spiro atoms. The van der Waals surface area contributed by atoms with Crippen LogP contribution in [0.3, 0.4) is 0 Å². The lowest BCUT2D eigenvalue weighted by atomic mass is 9.87. The average molecular weight is 322 g/mol. The van der Waals surface area contributed by atoms with Crippen molar-refractivity contribution in [1.82, 2.24) is 0 Å². The number of carbonyl (C=O) groups is 1. The second kappa shape index (κ2) is 6.65. The molecule has 0 bridgehead atoms. The van der Waals surface area contributed by atoms with E-state index in [4.69, 9.17) is 4.74 Å². The Hall–Kier alpha value is -1.62. The van der Waals surface area contributed by atoms with Crippen molar-refractivity contribution in [1.29, 1.82) is 0 Å². The predicted molar refractivity (Wildman–Crippen MR) is 85.1 cm³/mol. The van der Waals surface area contributed by atoms with Crippen molar-refractivity contribution in [3.63, 3.8) is 0 Å². The van der Waals surface area contributed by atoms with Crippen molar-refractivity contribution in [2.24, 2.45) is 5.92 Å². The van der Waals surface area contributed by atoms with Gasteiger partial charge in [-0.15, -0.1) is 6.58 Å². The number of esters is 1. The van der Waals surface area contributed by atoms with E-state index < -0.39 is 26.5 Å². The van der Waals surface area contributed by atoms with Gasteiger partial charge in [0.15, 0.2) is 14.6 Å². The van der Waals surface area contributed by atoms with Crippen LogP contribution in [0, 0.1) is 5.92 Å². The van der Waals surface area contributed by atoms with Crippen LogP contribution < -0.4 is 0 Å². The zero-order chi connectivity index (χ0) is 16.2. The molecule has 0 aromatic heterocycles. The van der Waals surface area contributed by atoms with Crippen molar-refractivity contribution in [3.05, 3.63) is 43.0 Å². The van der Waals surface area contributed by atoms with Gasteiger partial charge in [-0.1, -0.05) is 43.5 Å². The maximum absolute atomic E-state index is 13.3. The largest absolute Gasteiger partial charge is 0.468 e. The molecule has 0 N–H and O–H groups in total. The van der Waals surface area contributed by atoms with E-state index in [1.165, 1.54) is 19.2 Å². The summed E-state index contributed by atoms with van der Waals surface area (Å²) in [7, 11) is -2.62. The molecule has 2 rings (SSSR count). The number of methoxy groups -OCH3 is 1. The lowest BCUT2D eigenvalue weighted by Crippen LogP contribution is -2.52. The highest BCUT2D eigenvalue weighted by Gasteiger charge is 2.56. The molecule has 1 aliphatic rings. The van der Waals surface area contributed by atoms with Gasteiger partial charge in [-0.05, 0) is 25.0 Å². The summed E-state index contributed by atoms with van der Waals surface area (Å²) in [6, 6.07) is 8.15. The summed E-state index contributed by atoms with van der Waals surface area (Å²) in [5.41, 5.74) is 0. The Balaban J connectivity index is 2.68. The number of allylic oxidation sites excluding steroid dienone is 1. The van der Waals surface area contributed by atoms with Gasteiger partial charge in [-0.25, -0.2) is 8.42 Å². The lowest BCUT2D eigenvalue weighted by molar-refractivity contribution is -0.145. The highest BCUT2D eigenvalue weighted by molar-refractivity contribution is 7.93. The van der Waals surface area contributed by atoms with Gasteiger partial charge in [0.25, 0.3) is 0 Å². The molecule has 2 unspecified atom stereocenters. The Morgan fingerprint density at radius 3 is 2.55 bits per heavy atom. The summed E-state index contributed by atoms with van der Waals surface area (Å²) in [4.78, 5) is 12.7. The van der Waals surface area contributed by atoms with Crippen LogP contribution in [0.5, 0.6) is 0 Å². The third-order valence-electron chi connectivity index (χ3n) is 4.51. The topological polar surface area (TPSA) is 60.4 Å².